The number of amides is 3. The molecule has 0 radical (unpaired) electrons. The zero-order valence-corrected chi connectivity index (χ0v) is 17.5. The summed E-state index contributed by atoms with van der Waals surface area (Å²) in [7, 11) is 0. The van der Waals surface area contributed by atoms with Gasteiger partial charge in [-0.2, -0.15) is 0 Å². The van der Waals surface area contributed by atoms with E-state index in [0.717, 1.165) is 16.5 Å². The first-order valence-corrected chi connectivity index (χ1v) is 10.7. The van der Waals surface area contributed by atoms with Crippen molar-refractivity contribution in [2.45, 2.75) is 19.0 Å². The van der Waals surface area contributed by atoms with Crippen LogP contribution in [0.4, 0.5) is 4.39 Å². The second-order valence-electron chi connectivity index (χ2n) is 8.28. The summed E-state index contributed by atoms with van der Waals surface area (Å²) in [6.45, 7) is 1.29. The maximum Gasteiger partial charge on any atom is 0.256 e. The Bertz CT molecular complexity index is 1190. The summed E-state index contributed by atoms with van der Waals surface area (Å²) in [6, 6.07) is 12.8. The number of aromatic amines is 1. The molecule has 32 heavy (non-hydrogen) atoms. The molecule has 5 rings (SSSR count). The van der Waals surface area contributed by atoms with Gasteiger partial charge in [0.1, 0.15) is 18.4 Å². The minimum atomic E-state index is -0.714. The lowest BCUT2D eigenvalue weighted by atomic mass is 10.1. The molecule has 0 aliphatic carbocycles. The SMILES string of the molecule is O=C(c1c[nH]c2ccccc12)N1CCCN2C(=O)CN(Cc3ccc(F)cc3)C(=O)C2C1. The number of carbonyl (C=O) groups is 3. The van der Waals surface area contributed by atoms with Crippen LogP contribution in [0.25, 0.3) is 10.9 Å². The molecule has 2 fully saturated rings. The lowest BCUT2D eigenvalue weighted by Gasteiger charge is -2.40. The molecule has 2 aromatic carbocycles. The standard InChI is InChI=1S/C24H23FN4O3/c25-17-8-6-16(7-9-17)13-28-15-22(30)29-11-3-10-27(14-21(29)24(28)32)23(31)19-12-26-20-5-2-1-4-18(19)20/h1-2,4-9,12,21,26H,3,10-11,13-15H2. The molecule has 0 bridgehead atoms. The third-order valence-corrected chi connectivity index (χ3v) is 6.23. The number of aromatic nitrogens is 1. The maximum atomic E-state index is 13.3. The Hall–Kier alpha value is -3.68. The van der Waals surface area contributed by atoms with Crippen LogP contribution in [0.1, 0.15) is 22.3 Å². The van der Waals surface area contributed by atoms with Gasteiger partial charge >= 0.3 is 0 Å². The Morgan fingerprint density at radius 2 is 1.84 bits per heavy atom. The fourth-order valence-corrected chi connectivity index (χ4v) is 4.59. The van der Waals surface area contributed by atoms with Gasteiger partial charge in [-0.1, -0.05) is 30.3 Å². The van der Waals surface area contributed by atoms with E-state index >= 15 is 0 Å². The van der Waals surface area contributed by atoms with Crippen LogP contribution in [0, 0.1) is 5.82 Å². The van der Waals surface area contributed by atoms with Crippen molar-refractivity contribution >= 4 is 28.6 Å². The van der Waals surface area contributed by atoms with E-state index in [1.807, 2.05) is 24.3 Å². The molecule has 164 valence electrons. The average molecular weight is 434 g/mol. The van der Waals surface area contributed by atoms with E-state index in [0.29, 0.717) is 25.1 Å². The second kappa shape index (κ2) is 8.11. The number of fused-ring (bicyclic) bond motifs is 2. The fourth-order valence-electron chi connectivity index (χ4n) is 4.59. The first-order chi connectivity index (χ1) is 15.5. The van der Waals surface area contributed by atoms with E-state index in [2.05, 4.69) is 4.98 Å². The van der Waals surface area contributed by atoms with E-state index in [4.69, 9.17) is 0 Å². The minimum Gasteiger partial charge on any atom is -0.360 e. The molecule has 1 N–H and O–H groups in total. The summed E-state index contributed by atoms with van der Waals surface area (Å²) in [6.07, 6.45) is 2.31. The molecule has 7 nitrogen and oxygen atoms in total. The van der Waals surface area contributed by atoms with Gasteiger partial charge in [0.2, 0.25) is 11.8 Å². The number of para-hydroxylation sites is 1. The molecule has 2 aliphatic rings. The number of nitrogens with one attached hydrogen (secondary N) is 1. The number of carbonyl (C=O) groups excluding carboxylic acids is 3. The molecular formula is C24H23FN4O3. The molecule has 2 saturated heterocycles. The van der Waals surface area contributed by atoms with Crippen molar-refractivity contribution in [2.75, 3.05) is 26.2 Å². The smallest absolute Gasteiger partial charge is 0.256 e. The largest absolute Gasteiger partial charge is 0.360 e. The number of benzene rings is 2. The lowest BCUT2D eigenvalue weighted by Crippen LogP contribution is -2.61. The molecule has 2 aliphatic heterocycles. The number of hydrogen-bond acceptors (Lipinski definition) is 3. The number of halogens is 1. The third-order valence-electron chi connectivity index (χ3n) is 6.23. The molecule has 1 atom stereocenters. The van der Waals surface area contributed by atoms with Crippen LogP contribution in [-0.4, -0.2) is 69.6 Å². The van der Waals surface area contributed by atoms with Crippen molar-refractivity contribution in [1.82, 2.24) is 19.7 Å². The molecule has 3 aromatic rings. The molecule has 3 heterocycles. The number of rotatable bonds is 3. The van der Waals surface area contributed by atoms with Crippen molar-refractivity contribution in [1.29, 1.82) is 0 Å². The van der Waals surface area contributed by atoms with Crippen LogP contribution in [0.2, 0.25) is 0 Å². The van der Waals surface area contributed by atoms with Crippen LogP contribution in [0.15, 0.2) is 54.7 Å². The number of H-pyrrole nitrogens is 1. The van der Waals surface area contributed by atoms with Gasteiger partial charge in [-0.15, -0.1) is 0 Å². The average Bonchev–Trinajstić information content (AvgIpc) is 3.09. The quantitative estimate of drug-likeness (QED) is 0.688. The highest BCUT2D eigenvalue weighted by Crippen LogP contribution is 2.24. The van der Waals surface area contributed by atoms with Gasteiger partial charge in [0.05, 0.1) is 12.1 Å². The second-order valence-corrected chi connectivity index (χ2v) is 8.28. The van der Waals surface area contributed by atoms with E-state index < -0.39 is 6.04 Å². The monoisotopic (exact) mass is 434 g/mol. The van der Waals surface area contributed by atoms with Gasteiger partial charge in [0, 0.05) is 36.7 Å². The summed E-state index contributed by atoms with van der Waals surface area (Å²) in [5.74, 6) is -0.818. The van der Waals surface area contributed by atoms with Crippen molar-refractivity contribution < 1.29 is 18.8 Å². The summed E-state index contributed by atoms with van der Waals surface area (Å²) < 4.78 is 13.2. The number of nitrogens with zero attached hydrogens (tertiary/aromatic N) is 3. The highest BCUT2D eigenvalue weighted by molar-refractivity contribution is 6.07. The molecule has 1 aromatic heterocycles. The van der Waals surface area contributed by atoms with Crippen molar-refractivity contribution in [3.63, 3.8) is 0 Å². The fraction of sp³-hybridized carbons (Fsp3) is 0.292. The van der Waals surface area contributed by atoms with Gasteiger partial charge < -0.3 is 19.7 Å². The zero-order valence-electron chi connectivity index (χ0n) is 17.5. The predicted molar refractivity (Wildman–Crippen MR) is 116 cm³/mol. The maximum absolute atomic E-state index is 13.3. The highest BCUT2D eigenvalue weighted by atomic mass is 19.1. The summed E-state index contributed by atoms with van der Waals surface area (Å²) >= 11 is 0. The minimum absolute atomic E-state index is 0.0108. The number of hydrogen-bond donors (Lipinski definition) is 1. The Balaban J connectivity index is 1.38. The van der Waals surface area contributed by atoms with Crippen molar-refractivity contribution in [2.24, 2.45) is 0 Å². The van der Waals surface area contributed by atoms with E-state index in [1.165, 1.54) is 17.0 Å². The Kier molecular flexibility index (Phi) is 5.13. The lowest BCUT2D eigenvalue weighted by molar-refractivity contribution is -0.156. The van der Waals surface area contributed by atoms with E-state index in [-0.39, 0.29) is 43.2 Å². The van der Waals surface area contributed by atoms with Crippen LogP contribution in [0.5, 0.6) is 0 Å². The van der Waals surface area contributed by atoms with E-state index in [1.54, 1.807) is 28.1 Å². The molecule has 3 amide bonds. The summed E-state index contributed by atoms with van der Waals surface area (Å²) in [5, 5.41) is 0.836. The Morgan fingerprint density at radius 1 is 1.06 bits per heavy atom. The van der Waals surface area contributed by atoms with Crippen LogP contribution >= 0.6 is 0 Å². The Morgan fingerprint density at radius 3 is 2.66 bits per heavy atom. The number of piperazine rings is 1. The summed E-state index contributed by atoms with van der Waals surface area (Å²) in [5.41, 5.74) is 2.19. The zero-order chi connectivity index (χ0) is 22.2. The van der Waals surface area contributed by atoms with Crippen LogP contribution < -0.4 is 0 Å². The first-order valence-electron chi connectivity index (χ1n) is 10.7. The summed E-state index contributed by atoms with van der Waals surface area (Å²) in [4.78, 5) is 47.4. The van der Waals surface area contributed by atoms with Crippen molar-refractivity contribution in [3.05, 3.63) is 71.7 Å². The van der Waals surface area contributed by atoms with Gasteiger partial charge in [-0.3, -0.25) is 14.4 Å². The third kappa shape index (κ3) is 3.62. The Labute approximate surface area is 184 Å². The molecular weight excluding hydrogens is 411 g/mol. The normalized spacial score (nSPS) is 19.3. The topological polar surface area (TPSA) is 76.7 Å². The first kappa shape index (κ1) is 20.2. The van der Waals surface area contributed by atoms with Crippen molar-refractivity contribution in [3.8, 4) is 0 Å². The molecule has 1 unspecified atom stereocenters. The van der Waals surface area contributed by atoms with E-state index in [9.17, 15) is 18.8 Å². The predicted octanol–water partition coefficient (Wildman–Crippen LogP) is 2.39. The van der Waals surface area contributed by atoms with Gasteiger partial charge in [-0.25, -0.2) is 4.39 Å². The highest BCUT2D eigenvalue weighted by Gasteiger charge is 2.42. The van der Waals surface area contributed by atoms with Gasteiger partial charge in [0.15, 0.2) is 0 Å². The molecule has 0 spiro atoms. The molecule has 0 saturated carbocycles. The van der Waals surface area contributed by atoms with Gasteiger partial charge in [-0.05, 0) is 30.2 Å². The van der Waals surface area contributed by atoms with Crippen LogP contribution in [0.3, 0.4) is 0 Å². The molecule has 8 heteroatoms. The van der Waals surface area contributed by atoms with Crippen LogP contribution in [-0.2, 0) is 16.1 Å². The van der Waals surface area contributed by atoms with Gasteiger partial charge in [0.25, 0.3) is 5.91 Å².